The van der Waals surface area contributed by atoms with E-state index in [9.17, 15) is 4.79 Å². The molecule has 1 aliphatic rings. The van der Waals surface area contributed by atoms with Crippen LogP contribution in [-0.2, 0) is 4.79 Å². The molecule has 6 heteroatoms. The number of piperazine rings is 1. The summed E-state index contributed by atoms with van der Waals surface area (Å²) in [5.74, 6) is -0.792. The minimum Gasteiger partial charge on any atom is -0.480 e. The number of carbonyl (C=O) groups is 1. The zero-order chi connectivity index (χ0) is 7.61. The molecule has 1 heterocycles. The second-order valence-electron chi connectivity index (χ2n) is 2.74. The molecule has 0 bridgehead atoms. The zero-order valence-corrected chi connectivity index (χ0v) is 8.43. The van der Waals surface area contributed by atoms with Gasteiger partial charge in [0.1, 0.15) is 5.54 Å². The molecule has 0 radical (unpaired) electrons. The smallest absolute Gasteiger partial charge is 0.324 e. The molecule has 1 rings (SSSR count). The van der Waals surface area contributed by atoms with Crippen molar-refractivity contribution < 1.29 is 9.90 Å². The average molecular weight is 217 g/mol. The first-order valence-corrected chi connectivity index (χ1v) is 3.34. The Balaban J connectivity index is 0. The van der Waals surface area contributed by atoms with Crippen molar-refractivity contribution in [1.29, 1.82) is 0 Å². The van der Waals surface area contributed by atoms with Crippen LogP contribution >= 0.6 is 24.8 Å². The van der Waals surface area contributed by atoms with E-state index in [1.807, 2.05) is 0 Å². The van der Waals surface area contributed by atoms with Gasteiger partial charge in [-0.3, -0.25) is 10.1 Å². The minimum absolute atomic E-state index is 0. The van der Waals surface area contributed by atoms with Gasteiger partial charge < -0.3 is 10.4 Å². The highest BCUT2D eigenvalue weighted by Gasteiger charge is 2.33. The molecule has 0 spiro atoms. The molecule has 74 valence electrons. The number of hydrogen-bond acceptors (Lipinski definition) is 3. The van der Waals surface area contributed by atoms with E-state index in [4.69, 9.17) is 5.11 Å². The summed E-state index contributed by atoms with van der Waals surface area (Å²) in [6.07, 6.45) is 0. The molecule has 0 amide bonds. The Kier molecular flexibility index (Phi) is 6.75. The van der Waals surface area contributed by atoms with E-state index in [0.717, 1.165) is 13.1 Å². The first-order valence-electron chi connectivity index (χ1n) is 3.34. The van der Waals surface area contributed by atoms with E-state index in [1.54, 1.807) is 6.92 Å². The Labute approximate surface area is 83.9 Å². The summed E-state index contributed by atoms with van der Waals surface area (Å²) in [6.45, 7) is 3.76. The lowest BCUT2D eigenvalue weighted by Gasteiger charge is -2.31. The maximum Gasteiger partial charge on any atom is 0.324 e. The number of carboxylic acid groups (broad SMARTS) is 1. The minimum atomic E-state index is -0.792. The maximum absolute atomic E-state index is 10.6. The molecule has 1 saturated heterocycles. The number of nitrogens with one attached hydrogen (secondary N) is 2. The van der Waals surface area contributed by atoms with Gasteiger partial charge in [0.25, 0.3) is 0 Å². The van der Waals surface area contributed by atoms with Gasteiger partial charge in [-0.25, -0.2) is 0 Å². The summed E-state index contributed by atoms with van der Waals surface area (Å²) in [4.78, 5) is 10.6. The van der Waals surface area contributed by atoms with Crippen LogP contribution in [0.3, 0.4) is 0 Å². The lowest BCUT2D eigenvalue weighted by Crippen LogP contribution is -2.61. The first kappa shape index (κ1) is 14.5. The summed E-state index contributed by atoms with van der Waals surface area (Å²) in [7, 11) is 0. The number of rotatable bonds is 1. The maximum atomic E-state index is 10.6. The highest BCUT2D eigenvalue weighted by Crippen LogP contribution is 2.03. The third-order valence-electron chi connectivity index (χ3n) is 1.77. The SMILES string of the molecule is CC1(C(=O)O)CNCCN1.Cl.Cl. The van der Waals surface area contributed by atoms with Gasteiger partial charge >= 0.3 is 5.97 Å². The normalized spacial score (nSPS) is 28.1. The lowest BCUT2D eigenvalue weighted by molar-refractivity contribution is -0.144. The summed E-state index contributed by atoms with van der Waals surface area (Å²) in [6, 6.07) is 0. The molecule has 12 heavy (non-hydrogen) atoms. The fourth-order valence-electron chi connectivity index (χ4n) is 0.979. The van der Waals surface area contributed by atoms with Crippen molar-refractivity contribution >= 4 is 30.8 Å². The number of aliphatic carboxylic acids is 1. The molecular weight excluding hydrogens is 203 g/mol. The van der Waals surface area contributed by atoms with Gasteiger partial charge in [-0.05, 0) is 6.92 Å². The van der Waals surface area contributed by atoms with Crippen LogP contribution in [0.2, 0.25) is 0 Å². The fourth-order valence-corrected chi connectivity index (χ4v) is 0.979. The molecule has 1 atom stereocenters. The third-order valence-corrected chi connectivity index (χ3v) is 1.77. The van der Waals surface area contributed by atoms with Crippen molar-refractivity contribution in [2.75, 3.05) is 19.6 Å². The summed E-state index contributed by atoms with van der Waals surface area (Å²) in [5, 5.41) is 14.6. The molecule has 0 saturated carbocycles. The molecule has 1 unspecified atom stereocenters. The Morgan fingerprint density at radius 3 is 2.25 bits per heavy atom. The van der Waals surface area contributed by atoms with Crippen molar-refractivity contribution in [2.24, 2.45) is 0 Å². The number of hydrogen-bond donors (Lipinski definition) is 3. The topological polar surface area (TPSA) is 61.4 Å². The Bertz CT molecular complexity index is 148. The van der Waals surface area contributed by atoms with Crippen LogP contribution in [0.5, 0.6) is 0 Å². The quantitative estimate of drug-likeness (QED) is 0.572. The van der Waals surface area contributed by atoms with Crippen LogP contribution < -0.4 is 10.6 Å². The zero-order valence-electron chi connectivity index (χ0n) is 6.79. The summed E-state index contributed by atoms with van der Waals surface area (Å²) in [5.41, 5.74) is -0.766. The molecule has 0 aromatic heterocycles. The van der Waals surface area contributed by atoms with Gasteiger partial charge in [0.15, 0.2) is 0 Å². The Morgan fingerprint density at radius 2 is 2.00 bits per heavy atom. The van der Waals surface area contributed by atoms with Crippen molar-refractivity contribution in [3.8, 4) is 0 Å². The van der Waals surface area contributed by atoms with Crippen LogP contribution in [0.4, 0.5) is 0 Å². The molecule has 0 aromatic carbocycles. The fraction of sp³-hybridized carbons (Fsp3) is 0.833. The Morgan fingerprint density at radius 1 is 1.42 bits per heavy atom. The highest BCUT2D eigenvalue weighted by molar-refractivity contribution is 5.85. The average Bonchev–Trinajstić information content (AvgIpc) is 1.89. The molecule has 0 aromatic rings. The largest absolute Gasteiger partial charge is 0.480 e. The molecule has 1 aliphatic heterocycles. The highest BCUT2D eigenvalue weighted by atomic mass is 35.5. The van der Waals surface area contributed by atoms with E-state index in [1.165, 1.54) is 0 Å². The third kappa shape index (κ3) is 3.15. The second-order valence-corrected chi connectivity index (χ2v) is 2.74. The lowest BCUT2D eigenvalue weighted by atomic mass is 10.0. The molecule has 1 fully saturated rings. The van der Waals surface area contributed by atoms with E-state index < -0.39 is 11.5 Å². The molecule has 0 aliphatic carbocycles. The summed E-state index contributed by atoms with van der Waals surface area (Å²) < 4.78 is 0. The molecule has 4 nitrogen and oxygen atoms in total. The predicted molar refractivity (Wildman–Crippen MR) is 51.4 cm³/mol. The van der Waals surface area contributed by atoms with Crippen LogP contribution in [0.15, 0.2) is 0 Å². The van der Waals surface area contributed by atoms with E-state index in [0.29, 0.717) is 6.54 Å². The van der Waals surface area contributed by atoms with Crippen molar-refractivity contribution in [3.63, 3.8) is 0 Å². The first-order chi connectivity index (χ1) is 4.65. The molecule has 3 N–H and O–H groups in total. The van der Waals surface area contributed by atoms with Crippen LogP contribution in [0.25, 0.3) is 0 Å². The van der Waals surface area contributed by atoms with Crippen molar-refractivity contribution in [3.05, 3.63) is 0 Å². The van der Waals surface area contributed by atoms with Gasteiger partial charge in [-0.15, -0.1) is 24.8 Å². The monoisotopic (exact) mass is 216 g/mol. The second kappa shape index (κ2) is 5.59. The Hall–Kier alpha value is -0.0300. The van der Waals surface area contributed by atoms with Crippen LogP contribution in [-0.4, -0.2) is 36.2 Å². The van der Waals surface area contributed by atoms with Crippen LogP contribution in [0.1, 0.15) is 6.92 Å². The number of halogens is 2. The molecular formula is C6H14Cl2N2O2. The predicted octanol–water partition coefficient (Wildman–Crippen LogP) is -0.134. The van der Waals surface area contributed by atoms with Gasteiger partial charge in [-0.1, -0.05) is 0 Å². The van der Waals surface area contributed by atoms with E-state index in [2.05, 4.69) is 10.6 Å². The summed E-state index contributed by atoms with van der Waals surface area (Å²) >= 11 is 0. The number of carboxylic acids is 1. The van der Waals surface area contributed by atoms with Gasteiger partial charge in [0, 0.05) is 19.6 Å². The van der Waals surface area contributed by atoms with Gasteiger partial charge in [0.05, 0.1) is 0 Å². The van der Waals surface area contributed by atoms with Crippen molar-refractivity contribution in [2.45, 2.75) is 12.5 Å². The van der Waals surface area contributed by atoms with Crippen LogP contribution in [0, 0.1) is 0 Å². The van der Waals surface area contributed by atoms with Gasteiger partial charge in [-0.2, -0.15) is 0 Å². The standard InChI is InChI=1S/C6H12N2O2.2ClH/c1-6(5(9)10)4-7-2-3-8-6;;/h7-8H,2-4H2,1H3,(H,9,10);2*1H. The van der Waals surface area contributed by atoms with E-state index >= 15 is 0 Å². The van der Waals surface area contributed by atoms with E-state index in [-0.39, 0.29) is 24.8 Å². The van der Waals surface area contributed by atoms with Crippen molar-refractivity contribution in [1.82, 2.24) is 10.6 Å². The van der Waals surface area contributed by atoms with Gasteiger partial charge in [0.2, 0.25) is 0 Å².